The number of carbonyl (C=O) groups is 4. The fourth-order valence-corrected chi connectivity index (χ4v) is 3.21. The number of amides is 4. The highest BCUT2D eigenvalue weighted by molar-refractivity contribution is 6.43. The number of benzene rings is 2. The van der Waals surface area contributed by atoms with Gasteiger partial charge in [-0.3, -0.25) is 24.1 Å². The van der Waals surface area contributed by atoms with E-state index >= 15 is 0 Å². The van der Waals surface area contributed by atoms with E-state index in [2.05, 4.69) is 10.6 Å². The van der Waals surface area contributed by atoms with Crippen LogP contribution in [0.1, 0.15) is 27.6 Å². The van der Waals surface area contributed by atoms with Gasteiger partial charge in [0.25, 0.3) is 11.8 Å². The van der Waals surface area contributed by atoms with Gasteiger partial charge in [0.15, 0.2) is 0 Å². The molecule has 1 heterocycles. The number of nitrogens with one attached hydrogen (secondary N) is 2. The summed E-state index contributed by atoms with van der Waals surface area (Å²) in [5, 5.41) is 5.54. The first kappa shape index (κ1) is 20.1. The molecule has 28 heavy (non-hydrogen) atoms. The molecule has 0 bridgehead atoms. The van der Waals surface area contributed by atoms with E-state index in [9.17, 15) is 19.2 Å². The van der Waals surface area contributed by atoms with Crippen LogP contribution in [0.3, 0.4) is 0 Å². The summed E-state index contributed by atoms with van der Waals surface area (Å²) in [6.45, 7) is 0.845. The molecular weight excluding hydrogens is 429 g/mol. The zero-order valence-electron chi connectivity index (χ0n) is 14.3. The average molecular weight is 441 g/mol. The minimum atomic E-state index is -0.638. The van der Waals surface area contributed by atoms with E-state index in [0.29, 0.717) is 5.69 Å². The topological polar surface area (TPSA) is 95.6 Å². The standard InChI is InChI=1S/C18H12Cl3N3O4/c1-8(25)22-9-2-3-15(14(21)4-9)23-16(26)7-24-17(27)10-5-12(19)13(20)6-11(10)18(24)28/h2-6H,7H2,1H3,(H,22,25)(H,23,26). The van der Waals surface area contributed by atoms with Crippen molar-refractivity contribution in [2.45, 2.75) is 6.92 Å². The first-order chi connectivity index (χ1) is 13.2. The third-order valence-electron chi connectivity index (χ3n) is 3.88. The van der Waals surface area contributed by atoms with Crippen LogP contribution >= 0.6 is 34.8 Å². The summed E-state index contributed by atoms with van der Waals surface area (Å²) in [6.07, 6.45) is 0. The van der Waals surface area contributed by atoms with E-state index in [1.54, 1.807) is 6.07 Å². The second-order valence-electron chi connectivity index (χ2n) is 5.93. The zero-order chi connectivity index (χ0) is 20.6. The van der Waals surface area contributed by atoms with Crippen LogP contribution in [0, 0.1) is 0 Å². The number of carbonyl (C=O) groups excluding carboxylic acids is 4. The molecule has 0 saturated heterocycles. The quantitative estimate of drug-likeness (QED) is 0.706. The Labute approximate surface area is 174 Å². The third-order valence-corrected chi connectivity index (χ3v) is 4.91. The SMILES string of the molecule is CC(=O)Nc1ccc(NC(=O)CN2C(=O)c3cc(Cl)c(Cl)cc3C2=O)c(Cl)c1. The molecule has 0 radical (unpaired) electrons. The number of hydrogen-bond donors (Lipinski definition) is 2. The van der Waals surface area contributed by atoms with Gasteiger partial charge < -0.3 is 10.6 Å². The van der Waals surface area contributed by atoms with Crippen LogP contribution in [0.15, 0.2) is 30.3 Å². The molecule has 0 saturated carbocycles. The maximum atomic E-state index is 12.4. The predicted octanol–water partition coefficient (Wildman–Crippen LogP) is 3.84. The van der Waals surface area contributed by atoms with Gasteiger partial charge in [-0.05, 0) is 30.3 Å². The van der Waals surface area contributed by atoms with E-state index < -0.39 is 24.3 Å². The highest BCUT2D eigenvalue weighted by Gasteiger charge is 2.37. The lowest BCUT2D eigenvalue weighted by atomic mass is 10.1. The van der Waals surface area contributed by atoms with Crippen LogP contribution in [0.2, 0.25) is 15.1 Å². The van der Waals surface area contributed by atoms with E-state index in [-0.39, 0.29) is 37.8 Å². The highest BCUT2D eigenvalue weighted by atomic mass is 35.5. The Balaban J connectivity index is 1.73. The first-order valence-corrected chi connectivity index (χ1v) is 9.03. The molecule has 0 atom stereocenters. The molecular formula is C18H12Cl3N3O4. The number of fused-ring (bicyclic) bond motifs is 1. The van der Waals surface area contributed by atoms with Crippen LogP contribution in [0.5, 0.6) is 0 Å². The Hall–Kier alpha value is -2.61. The smallest absolute Gasteiger partial charge is 0.262 e. The van der Waals surface area contributed by atoms with Crippen LogP contribution in [0.25, 0.3) is 0 Å². The summed E-state index contributed by atoms with van der Waals surface area (Å²) in [6, 6.07) is 7.11. The van der Waals surface area contributed by atoms with Crippen molar-refractivity contribution in [3.63, 3.8) is 0 Å². The van der Waals surface area contributed by atoms with Crippen molar-refractivity contribution >= 4 is 69.8 Å². The molecule has 144 valence electrons. The summed E-state index contributed by atoms with van der Waals surface area (Å²) in [5.74, 6) is -2.17. The van der Waals surface area contributed by atoms with Crippen molar-refractivity contribution in [2.24, 2.45) is 0 Å². The van der Waals surface area contributed by atoms with Crippen molar-refractivity contribution in [1.29, 1.82) is 0 Å². The lowest BCUT2D eigenvalue weighted by molar-refractivity contribution is -0.116. The fourth-order valence-electron chi connectivity index (χ4n) is 2.66. The number of anilines is 2. The molecule has 3 rings (SSSR count). The summed E-state index contributed by atoms with van der Waals surface area (Å²) < 4.78 is 0. The maximum absolute atomic E-state index is 12.4. The second kappa shape index (κ2) is 7.79. The number of imide groups is 1. The van der Waals surface area contributed by atoms with Gasteiger partial charge in [0, 0.05) is 12.6 Å². The number of halogens is 3. The lowest BCUT2D eigenvalue weighted by Gasteiger charge is -2.14. The first-order valence-electron chi connectivity index (χ1n) is 7.89. The van der Waals surface area contributed by atoms with Crippen molar-refractivity contribution in [3.05, 3.63) is 56.5 Å². The molecule has 4 amide bonds. The number of rotatable bonds is 4. The molecule has 1 aliphatic heterocycles. The fraction of sp³-hybridized carbons (Fsp3) is 0.111. The van der Waals surface area contributed by atoms with Crippen molar-refractivity contribution in [1.82, 2.24) is 4.90 Å². The maximum Gasteiger partial charge on any atom is 0.262 e. The molecule has 0 spiro atoms. The number of hydrogen-bond acceptors (Lipinski definition) is 4. The van der Waals surface area contributed by atoms with Crippen molar-refractivity contribution < 1.29 is 19.2 Å². The molecule has 0 aromatic heterocycles. The second-order valence-corrected chi connectivity index (χ2v) is 7.15. The highest BCUT2D eigenvalue weighted by Crippen LogP contribution is 2.31. The summed E-state index contributed by atoms with van der Waals surface area (Å²) in [4.78, 5) is 49.0. The van der Waals surface area contributed by atoms with Crippen molar-refractivity contribution in [3.8, 4) is 0 Å². The minimum absolute atomic E-state index is 0.0879. The monoisotopic (exact) mass is 439 g/mol. The third kappa shape index (κ3) is 3.96. The minimum Gasteiger partial charge on any atom is -0.326 e. The molecule has 10 heteroatoms. The Morgan fingerprint density at radius 3 is 1.96 bits per heavy atom. The van der Waals surface area contributed by atoms with E-state index in [0.717, 1.165) is 4.90 Å². The zero-order valence-corrected chi connectivity index (χ0v) is 16.6. The van der Waals surface area contributed by atoms with Gasteiger partial charge in [-0.1, -0.05) is 34.8 Å². The Kier molecular flexibility index (Phi) is 5.60. The van der Waals surface area contributed by atoms with Crippen LogP contribution < -0.4 is 10.6 Å². The van der Waals surface area contributed by atoms with Crippen LogP contribution in [-0.2, 0) is 9.59 Å². The van der Waals surface area contributed by atoms with Gasteiger partial charge in [0.2, 0.25) is 11.8 Å². The molecule has 0 unspecified atom stereocenters. The molecule has 2 aromatic rings. The molecule has 2 N–H and O–H groups in total. The normalized spacial score (nSPS) is 12.8. The van der Waals surface area contributed by atoms with Gasteiger partial charge in [-0.25, -0.2) is 0 Å². The predicted molar refractivity (Wildman–Crippen MR) is 106 cm³/mol. The average Bonchev–Trinajstić information content (AvgIpc) is 2.82. The van der Waals surface area contributed by atoms with Gasteiger partial charge in [-0.15, -0.1) is 0 Å². The largest absolute Gasteiger partial charge is 0.326 e. The summed E-state index contributed by atoms with van der Waals surface area (Å²) >= 11 is 17.9. The van der Waals surface area contributed by atoms with E-state index in [1.165, 1.54) is 31.2 Å². The van der Waals surface area contributed by atoms with Gasteiger partial charge >= 0.3 is 0 Å². The molecule has 2 aromatic carbocycles. The molecule has 0 fully saturated rings. The van der Waals surface area contributed by atoms with E-state index in [1.807, 2.05) is 0 Å². The Bertz CT molecular complexity index is 998. The molecule has 0 aliphatic carbocycles. The van der Waals surface area contributed by atoms with Gasteiger partial charge in [0.05, 0.1) is 31.9 Å². The van der Waals surface area contributed by atoms with Crippen LogP contribution in [-0.4, -0.2) is 35.1 Å². The number of nitrogens with zero attached hydrogens (tertiary/aromatic N) is 1. The van der Waals surface area contributed by atoms with E-state index in [4.69, 9.17) is 34.8 Å². The molecule has 7 nitrogen and oxygen atoms in total. The van der Waals surface area contributed by atoms with Crippen molar-refractivity contribution in [2.75, 3.05) is 17.2 Å². The summed E-state index contributed by atoms with van der Waals surface area (Å²) in [5.41, 5.74) is 0.905. The lowest BCUT2D eigenvalue weighted by Crippen LogP contribution is -2.37. The van der Waals surface area contributed by atoms with Crippen LogP contribution in [0.4, 0.5) is 11.4 Å². The summed E-state index contributed by atoms with van der Waals surface area (Å²) in [7, 11) is 0. The Morgan fingerprint density at radius 2 is 1.46 bits per heavy atom. The van der Waals surface area contributed by atoms with Gasteiger partial charge in [-0.2, -0.15) is 0 Å². The molecule has 1 aliphatic rings. The van der Waals surface area contributed by atoms with Gasteiger partial charge in [0.1, 0.15) is 6.54 Å². The Morgan fingerprint density at radius 1 is 0.893 bits per heavy atom.